The van der Waals surface area contributed by atoms with Crippen LogP contribution in [0.15, 0.2) is 97.1 Å². The van der Waals surface area contributed by atoms with Gasteiger partial charge < -0.3 is 10.6 Å². The van der Waals surface area contributed by atoms with Crippen LogP contribution in [0.2, 0.25) is 0 Å². The second-order valence-electron chi connectivity index (χ2n) is 8.06. The lowest BCUT2D eigenvalue weighted by molar-refractivity contribution is 0.102. The van der Waals surface area contributed by atoms with Crippen LogP contribution in [-0.4, -0.2) is 11.9 Å². The predicted octanol–water partition coefficient (Wildman–Crippen LogP) is 7.01. The molecular weight excluding hydrogens is 480 g/mol. The van der Waals surface area contributed by atoms with Crippen LogP contribution in [0, 0.1) is 11.6 Å². The quantitative estimate of drug-likeness (QED) is 0.248. The van der Waals surface area contributed by atoms with Crippen molar-refractivity contribution in [2.45, 2.75) is 13.0 Å². The molecule has 182 valence electrons. The first-order chi connectivity index (χ1) is 17.3. The van der Waals surface area contributed by atoms with Gasteiger partial charge in [0.25, 0.3) is 5.91 Å². The molecule has 36 heavy (non-hydrogen) atoms. The Morgan fingerprint density at radius 1 is 0.861 bits per heavy atom. The molecule has 4 aromatic rings. The first-order valence-electron chi connectivity index (χ1n) is 11.1. The van der Waals surface area contributed by atoms with Crippen LogP contribution in [0.1, 0.15) is 28.9 Å². The van der Waals surface area contributed by atoms with Gasteiger partial charge in [-0.3, -0.25) is 4.79 Å². The number of carbonyl (C=O) groups is 2. The minimum absolute atomic E-state index is 0.0782. The van der Waals surface area contributed by atoms with Crippen molar-refractivity contribution >= 4 is 36.1 Å². The van der Waals surface area contributed by atoms with Gasteiger partial charge in [-0.05, 0) is 60.5 Å². The Balaban J connectivity index is 1.60. The molecule has 0 fully saturated rings. The summed E-state index contributed by atoms with van der Waals surface area (Å²) in [5, 5.41) is 5.59. The fourth-order valence-corrected chi connectivity index (χ4v) is 3.85. The van der Waals surface area contributed by atoms with Gasteiger partial charge in [0, 0.05) is 11.3 Å². The first-order valence-corrected chi connectivity index (χ1v) is 11.5. The number of nitrogens with zero attached hydrogens (tertiary/aromatic N) is 1. The van der Waals surface area contributed by atoms with Crippen molar-refractivity contribution in [2.24, 2.45) is 0 Å². The topological polar surface area (TPSA) is 61.4 Å². The fourth-order valence-electron chi connectivity index (χ4n) is 3.66. The molecule has 0 bridgehead atoms. The number of halogens is 2. The number of amides is 3. The molecule has 1 atom stereocenters. The SMILES string of the molecule is CC(NC(=O)N(S)c1ccc(NC(=O)c2ccccc2F)c(-c2ccccc2)c1)c1ccc(F)cc1. The normalized spacial score (nSPS) is 11.4. The van der Waals surface area contributed by atoms with Crippen LogP contribution in [0.4, 0.5) is 25.0 Å². The van der Waals surface area contributed by atoms with Crippen LogP contribution in [-0.2, 0) is 0 Å². The molecular formula is C28H23F2N3O2S. The number of carbonyl (C=O) groups excluding carboxylic acids is 2. The second kappa shape index (κ2) is 11.0. The van der Waals surface area contributed by atoms with Crippen molar-refractivity contribution < 1.29 is 18.4 Å². The highest BCUT2D eigenvalue weighted by Crippen LogP contribution is 2.33. The smallest absolute Gasteiger partial charge is 0.330 e. The molecule has 4 aromatic carbocycles. The Kier molecular flexibility index (Phi) is 7.65. The lowest BCUT2D eigenvalue weighted by Crippen LogP contribution is -2.35. The van der Waals surface area contributed by atoms with E-state index >= 15 is 0 Å². The van der Waals surface area contributed by atoms with E-state index in [0.717, 1.165) is 15.4 Å². The molecule has 0 aliphatic carbocycles. The Bertz CT molecular complexity index is 1380. The summed E-state index contributed by atoms with van der Waals surface area (Å²) in [6, 6.07) is 25.0. The summed E-state index contributed by atoms with van der Waals surface area (Å²) in [6.07, 6.45) is 0. The van der Waals surface area contributed by atoms with E-state index in [-0.39, 0.29) is 17.4 Å². The van der Waals surface area contributed by atoms with Crippen LogP contribution in [0.25, 0.3) is 11.1 Å². The van der Waals surface area contributed by atoms with Crippen LogP contribution < -0.4 is 14.9 Å². The monoisotopic (exact) mass is 503 g/mol. The van der Waals surface area contributed by atoms with E-state index in [1.165, 1.54) is 30.3 Å². The van der Waals surface area contributed by atoms with Crippen LogP contribution >= 0.6 is 12.8 Å². The van der Waals surface area contributed by atoms with Crippen molar-refractivity contribution in [3.05, 3.63) is 120 Å². The molecule has 1 unspecified atom stereocenters. The van der Waals surface area contributed by atoms with E-state index in [4.69, 9.17) is 0 Å². The van der Waals surface area contributed by atoms with Crippen molar-refractivity contribution in [1.82, 2.24) is 5.32 Å². The van der Waals surface area contributed by atoms with Gasteiger partial charge in [0.1, 0.15) is 11.6 Å². The highest BCUT2D eigenvalue weighted by Gasteiger charge is 2.19. The summed E-state index contributed by atoms with van der Waals surface area (Å²) in [6.45, 7) is 1.78. The van der Waals surface area contributed by atoms with Gasteiger partial charge in [-0.15, -0.1) is 0 Å². The molecule has 4 rings (SSSR count). The molecule has 8 heteroatoms. The summed E-state index contributed by atoms with van der Waals surface area (Å²) < 4.78 is 28.5. The standard InChI is InChI=1S/C28H23F2N3O2S/c1-18(19-11-13-21(29)14-12-19)31-28(35)33(36)22-15-16-26(24(17-22)20-7-3-2-4-8-20)32-27(34)23-9-5-6-10-25(23)30/h2-18,36H,1H3,(H,31,35)(H,32,34). The fraction of sp³-hybridized carbons (Fsp3) is 0.0714. The van der Waals surface area contributed by atoms with Crippen molar-refractivity contribution in [3.63, 3.8) is 0 Å². The molecule has 0 aliphatic rings. The number of anilines is 2. The maximum absolute atomic E-state index is 14.1. The lowest BCUT2D eigenvalue weighted by Gasteiger charge is -2.22. The summed E-state index contributed by atoms with van der Waals surface area (Å²) >= 11 is 4.38. The summed E-state index contributed by atoms with van der Waals surface area (Å²) in [4.78, 5) is 25.6. The highest BCUT2D eigenvalue weighted by atomic mass is 32.1. The van der Waals surface area contributed by atoms with Crippen LogP contribution in [0.3, 0.4) is 0 Å². The van der Waals surface area contributed by atoms with Crippen molar-refractivity contribution in [1.29, 1.82) is 0 Å². The van der Waals surface area contributed by atoms with Gasteiger partial charge in [0.2, 0.25) is 0 Å². The molecule has 0 radical (unpaired) electrons. The molecule has 2 N–H and O–H groups in total. The summed E-state index contributed by atoms with van der Waals surface area (Å²) in [5.74, 6) is -1.57. The lowest BCUT2D eigenvalue weighted by atomic mass is 10.0. The second-order valence-corrected chi connectivity index (χ2v) is 8.46. The zero-order valence-corrected chi connectivity index (χ0v) is 20.2. The Hall–Kier alpha value is -4.17. The number of rotatable bonds is 6. The minimum Gasteiger partial charge on any atom is -0.330 e. The van der Waals surface area contributed by atoms with Crippen LogP contribution in [0.5, 0.6) is 0 Å². The van der Waals surface area contributed by atoms with E-state index in [2.05, 4.69) is 23.4 Å². The van der Waals surface area contributed by atoms with Crippen molar-refractivity contribution in [2.75, 3.05) is 9.62 Å². The molecule has 0 spiro atoms. The molecule has 0 saturated carbocycles. The molecule has 0 aromatic heterocycles. The first kappa shape index (κ1) is 24.9. The van der Waals surface area contributed by atoms with Gasteiger partial charge in [0.05, 0.1) is 17.3 Å². The third-order valence-electron chi connectivity index (χ3n) is 5.60. The van der Waals surface area contributed by atoms with Gasteiger partial charge >= 0.3 is 6.03 Å². The molecule has 5 nitrogen and oxygen atoms in total. The molecule has 0 aliphatic heterocycles. The number of benzene rings is 4. The third kappa shape index (κ3) is 5.72. The average molecular weight is 504 g/mol. The van der Waals surface area contributed by atoms with Crippen molar-refractivity contribution in [3.8, 4) is 11.1 Å². The molecule has 0 saturated heterocycles. The number of hydrogen-bond donors (Lipinski definition) is 3. The van der Waals surface area contributed by atoms with Gasteiger partial charge in [-0.1, -0.05) is 67.4 Å². The number of thiol groups is 1. The number of nitrogens with one attached hydrogen (secondary N) is 2. The third-order valence-corrected chi connectivity index (χ3v) is 6.01. The summed E-state index contributed by atoms with van der Waals surface area (Å²) in [5.41, 5.74) is 2.96. The van der Waals surface area contributed by atoms with E-state index in [9.17, 15) is 18.4 Å². The Morgan fingerprint density at radius 2 is 1.53 bits per heavy atom. The van der Waals surface area contributed by atoms with Gasteiger partial charge in [-0.2, -0.15) is 0 Å². The van der Waals surface area contributed by atoms with Gasteiger partial charge in [-0.25, -0.2) is 17.9 Å². The highest BCUT2D eigenvalue weighted by molar-refractivity contribution is 7.82. The maximum atomic E-state index is 14.1. The van der Waals surface area contributed by atoms with Gasteiger partial charge in [0.15, 0.2) is 0 Å². The predicted molar refractivity (Wildman–Crippen MR) is 141 cm³/mol. The average Bonchev–Trinajstić information content (AvgIpc) is 2.89. The van der Waals surface area contributed by atoms with E-state index < -0.39 is 17.8 Å². The number of urea groups is 1. The van der Waals surface area contributed by atoms with E-state index in [1.807, 2.05) is 30.3 Å². The zero-order valence-electron chi connectivity index (χ0n) is 19.3. The maximum Gasteiger partial charge on any atom is 0.332 e. The number of hydrogen-bond acceptors (Lipinski definition) is 3. The Morgan fingerprint density at radius 3 is 2.22 bits per heavy atom. The largest absolute Gasteiger partial charge is 0.332 e. The molecule has 0 heterocycles. The minimum atomic E-state index is -0.624. The van der Waals surface area contributed by atoms with E-state index in [0.29, 0.717) is 16.9 Å². The zero-order chi connectivity index (χ0) is 25.7. The van der Waals surface area contributed by atoms with E-state index in [1.54, 1.807) is 43.3 Å². The molecule has 3 amide bonds. The Labute approximate surface area is 213 Å². The summed E-state index contributed by atoms with van der Waals surface area (Å²) in [7, 11) is 0.